The van der Waals surface area contributed by atoms with Crippen molar-refractivity contribution in [2.75, 3.05) is 4.72 Å². The van der Waals surface area contributed by atoms with Crippen molar-refractivity contribution in [1.29, 1.82) is 0 Å². The number of sulfonamides is 1. The topological polar surface area (TPSA) is 133 Å². The number of hydrogen-bond donors (Lipinski definition) is 4. The summed E-state index contributed by atoms with van der Waals surface area (Å²) in [6.45, 7) is 1.59. The fourth-order valence-corrected chi connectivity index (χ4v) is 3.26. The van der Waals surface area contributed by atoms with E-state index in [0.717, 1.165) is 0 Å². The van der Waals surface area contributed by atoms with Crippen molar-refractivity contribution in [1.82, 2.24) is 10.2 Å². The SMILES string of the molecule is Cc1[nH]ncc1S(=O)(=O)Nc1cc(Br)ccc1/C(N)=N/O. The van der Waals surface area contributed by atoms with Crippen LogP contribution in [0.2, 0.25) is 0 Å². The van der Waals surface area contributed by atoms with E-state index in [0.29, 0.717) is 10.2 Å². The molecule has 0 saturated heterocycles. The smallest absolute Gasteiger partial charge is 0.265 e. The predicted molar refractivity (Wildman–Crippen MR) is 80.8 cm³/mol. The van der Waals surface area contributed by atoms with Crippen molar-refractivity contribution in [3.8, 4) is 0 Å². The van der Waals surface area contributed by atoms with Crippen LogP contribution in [0.3, 0.4) is 0 Å². The molecule has 2 rings (SSSR count). The Bertz CT molecular complexity index is 800. The van der Waals surface area contributed by atoms with Crippen LogP contribution in [0.4, 0.5) is 5.69 Å². The van der Waals surface area contributed by atoms with Gasteiger partial charge in [-0.25, -0.2) is 8.42 Å². The Morgan fingerprint density at radius 3 is 2.81 bits per heavy atom. The zero-order valence-corrected chi connectivity index (χ0v) is 13.2. The maximum atomic E-state index is 12.3. The number of oxime groups is 1. The molecule has 0 aliphatic carbocycles. The quantitative estimate of drug-likeness (QED) is 0.278. The van der Waals surface area contributed by atoms with Crippen LogP contribution in [0.15, 0.2) is 38.9 Å². The summed E-state index contributed by atoms with van der Waals surface area (Å²) in [6, 6.07) is 4.69. The van der Waals surface area contributed by atoms with Gasteiger partial charge in [0.15, 0.2) is 5.84 Å². The maximum Gasteiger partial charge on any atom is 0.265 e. The van der Waals surface area contributed by atoms with Crippen molar-refractivity contribution in [3.63, 3.8) is 0 Å². The number of H-pyrrole nitrogens is 1. The highest BCUT2D eigenvalue weighted by Crippen LogP contribution is 2.25. The van der Waals surface area contributed by atoms with E-state index >= 15 is 0 Å². The lowest BCUT2D eigenvalue weighted by atomic mass is 10.2. The molecule has 0 amide bonds. The van der Waals surface area contributed by atoms with Crippen LogP contribution in [0.5, 0.6) is 0 Å². The van der Waals surface area contributed by atoms with E-state index in [2.05, 4.69) is 36.0 Å². The summed E-state index contributed by atoms with van der Waals surface area (Å²) in [5.41, 5.74) is 6.39. The number of aromatic nitrogens is 2. The second kappa shape index (κ2) is 5.74. The minimum absolute atomic E-state index is 0.0212. The lowest BCUT2D eigenvalue weighted by Crippen LogP contribution is -2.19. The normalized spacial score (nSPS) is 12.4. The Morgan fingerprint density at radius 2 is 2.24 bits per heavy atom. The molecule has 112 valence electrons. The molecule has 8 nitrogen and oxygen atoms in total. The first-order chi connectivity index (χ1) is 9.85. The second-order valence-corrected chi connectivity index (χ2v) is 6.71. The first-order valence-corrected chi connectivity index (χ1v) is 7.93. The van der Waals surface area contributed by atoms with Crippen LogP contribution in [-0.2, 0) is 10.0 Å². The molecular formula is C11H12BrN5O3S. The largest absolute Gasteiger partial charge is 0.409 e. The number of nitrogens with zero attached hydrogens (tertiary/aromatic N) is 2. The van der Waals surface area contributed by atoms with Crippen molar-refractivity contribution < 1.29 is 13.6 Å². The number of anilines is 1. The molecule has 0 aliphatic rings. The molecule has 10 heteroatoms. The Hall–Kier alpha value is -2.07. The number of amidine groups is 1. The van der Waals surface area contributed by atoms with E-state index in [4.69, 9.17) is 10.9 Å². The van der Waals surface area contributed by atoms with Crippen molar-refractivity contribution >= 4 is 37.5 Å². The van der Waals surface area contributed by atoms with Gasteiger partial charge in [-0.15, -0.1) is 0 Å². The molecule has 1 aromatic carbocycles. The predicted octanol–water partition coefficient (Wildman–Crippen LogP) is 1.38. The van der Waals surface area contributed by atoms with Crippen LogP contribution in [-0.4, -0.2) is 29.7 Å². The summed E-state index contributed by atoms with van der Waals surface area (Å²) >= 11 is 3.24. The first kappa shape index (κ1) is 15.3. The highest BCUT2D eigenvalue weighted by Gasteiger charge is 2.21. The standard InChI is InChI=1S/C11H12BrN5O3S/c1-6-10(5-14-15-6)21(19,20)17-9-4-7(12)2-3-8(9)11(13)16-18/h2-5,17-18H,1H3,(H2,13,16)(H,14,15). The van der Waals surface area contributed by atoms with Gasteiger partial charge in [0, 0.05) is 10.0 Å². The molecule has 0 saturated carbocycles. The summed E-state index contributed by atoms with van der Waals surface area (Å²) in [4.78, 5) is 0.0212. The third-order valence-electron chi connectivity index (χ3n) is 2.68. The van der Waals surface area contributed by atoms with Crippen LogP contribution >= 0.6 is 15.9 Å². The number of nitrogens with two attached hydrogens (primary N) is 1. The lowest BCUT2D eigenvalue weighted by molar-refractivity contribution is 0.318. The summed E-state index contributed by atoms with van der Waals surface area (Å²) in [5, 5.41) is 17.9. The highest BCUT2D eigenvalue weighted by atomic mass is 79.9. The van der Waals surface area contributed by atoms with E-state index in [1.807, 2.05) is 0 Å². The molecular weight excluding hydrogens is 362 g/mol. The third-order valence-corrected chi connectivity index (χ3v) is 4.66. The molecule has 0 atom stereocenters. The Morgan fingerprint density at radius 1 is 1.52 bits per heavy atom. The summed E-state index contributed by atoms with van der Waals surface area (Å²) < 4.78 is 27.7. The summed E-state index contributed by atoms with van der Waals surface area (Å²) in [7, 11) is -3.84. The van der Waals surface area contributed by atoms with E-state index in [-0.39, 0.29) is 22.0 Å². The van der Waals surface area contributed by atoms with Gasteiger partial charge in [0.05, 0.1) is 17.6 Å². The van der Waals surface area contributed by atoms with E-state index in [1.54, 1.807) is 13.0 Å². The van der Waals surface area contributed by atoms with Gasteiger partial charge in [-0.1, -0.05) is 21.1 Å². The number of aromatic amines is 1. The monoisotopic (exact) mass is 373 g/mol. The van der Waals surface area contributed by atoms with Crippen molar-refractivity contribution in [3.05, 3.63) is 40.1 Å². The number of nitrogens with one attached hydrogen (secondary N) is 2. The van der Waals surface area contributed by atoms with Gasteiger partial charge in [0.1, 0.15) is 4.90 Å². The minimum atomic E-state index is -3.84. The van der Waals surface area contributed by atoms with Crippen molar-refractivity contribution in [2.45, 2.75) is 11.8 Å². The van der Waals surface area contributed by atoms with Crippen LogP contribution < -0.4 is 10.5 Å². The van der Waals surface area contributed by atoms with Gasteiger partial charge in [0.25, 0.3) is 10.0 Å². The molecule has 2 aromatic rings. The van der Waals surface area contributed by atoms with Gasteiger partial charge in [-0.3, -0.25) is 9.82 Å². The molecule has 0 unspecified atom stereocenters. The van der Waals surface area contributed by atoms with Gasteiger partial charge in [0.2, 0.25) is 0 Å². The molecule has 0 fully saturated rings. The molecule has 0 aliphatic heterocycles. The number of rotatable bonds is 4. The average Bonchev–Trinajstić information content (AvgIpc) is 2.85. The third kappa shape index (κ3) is 3.16. The maximum absolute atomic E-state index is 12.3. The number of halogens is 1. The molecule has 0 bridgehead atoms. The Balaban J connectivity index is 2.49. The van der Waals surface area contributed by atoms with E-state index < -0.39 is 10.0 Å². The van der Waals surface area contributed by atoms with Crippen LogP contribution in [0, 0.1) is 6.92 Å². The zero-order chi connectivity index (χ0) is 15.6. The zero-order valence-electron chi connectivity index (χ0n) is 10.8. The first-order valence-electron chi connectivity index (χ1n) is 5.65. The summed E-state index contributed by atoms with van der Waals surface area (Å²) in [6.07, 6.45) is 1.21. The van der Waals surface area contributed by atoms with E-state index in [9.17, 15) is 8.42 Å². The number of benzene rings is 1. The molecule has 21 heavy (non-hydrogen) atoms. The molecule has 1 heterocycles. The van der Waals surface area contributed by atoms with Crippen molar-refractivity contribution in [2.24, 2.45) is 10.9 Å². The van der Waals surface area contributed by atoms with Gasteiger partial charge >= 0.3 is 0 Å². The Labute approximate surface area is 129 Å². The van der Waals surface area contributed by atoms with E-state index in [1.165, 1.54) is 18.3 Å². The van der Waals surface area contributed by atoms with Gasteiger partial charge in [-0.05, 0) is 25.1 Å². The molecule has 1 aromatic heterocycles. The molecule has 0 radical (unpaired) electrons. The lowest BCUT2D eigenvalue weighted by Gasteiger charge is -2.12. The molecule has 5 N–H and O–H groups in total. The average molecular weight is 374 g/mol. The van der Waals surface area contributed by atoms with Gasteiger partial charge in [-0.2, -0.15) is 5.10 Å². The Kier molecular flexibility index (Phi) is 4.19. The number of hydrogen-bond acceptors (Lipinski definition) is 5. The van der Waals surface area contributed by atoms with Gasteiger partial charge < -0.3 is 10.9 Å². The highest BCUT2D eigenvalue weighted by molar-refractivity contribution is 9.10. The summed E-state index contributed by atoms with van der Waals surface area (Å²) in [5.74, 6) is -0.205. The van der Waals surface area contributed by atoms with Crippen LogP contribution in [0.1, 0.15) is 11.3 Å². The second-order valence-electron chi connectivity index (χ2n) is 4.14. The molecule has 0 spiro atoms. The fourth-order valence-electron chi connectivity index (χ4n) is 1.69. The fraction of sp³-hybridized carbons (Fsp3) is 0.0909. The number of aryl methyl sites for hydroxylation is 1. The minimum Gasteiger partial charge on any atom is -0.409 e. The van der Waals surface area contributed by atoms with Crippen LogP contribution in [0.25, 0.3) is 0 Å².